The van der Waals surface area contributed by atoms with Crippen LogP contribution in [0.3, 0.4) is 0 Å². The van der Waals surface area contributed by atoms with Gasteiger partial charge in [-0.05, 0) is 62.6 Å². The number of aryl methyl sites for hydroxylation is 2. The molecule has 0 fully saturated rings. The number of carbonyl (C=O) groups is 2. The minimum atomic E-state index is -4.25. The van der Waals surface area contributed by atoms with Crippen molar-refractivity contribution in [1.29, 1.82) is 0 Å². The van der Waals surface area contributed by atoms with E-state index in [-0.39, 0.29) is 28.8 Å². The van der Waals surface area contributed by atoms with E-state index in [0.29, 0.717) is 12.3 Å². The number of methoxy groups -OCH3 is 2. The molecule has 0 aliphatic heterocycles. The molecular weight excluding hydrogens is 542 g/mol. The van der Waals surface area contributed by atoms with Crippen molar-refractivity contribution in [3.63, 3.8) is 0 Å². The molecule has 1 N–H and O–H groups in total. The lowest BCUT2D eigenvalue weighted by atomic mass is 10.1. The first-order chi connectivity index (χ1) is 19.5. The number of amides is 2. The average Bonchev–Trinajstić information content (AvgIpc) is 2.97. The second-order valence-corrected chi connectivity index (χ2v) is 11.6. The zero-order valence-corrected chi connectivity index (χ0v) is 25.3. The monoisotopic (exact) mass is 581 g/mol. The summed E-state index contributed by atoms with van der Waals surface area (Å²) in [6.07, 6.45) is 0.738. The number of hydrogen-bond acceptors (Lipinski definition) is 6. The summed E-state index contributed by atoms with van der Waals surface area (Å²) in [5.74, 6) is -0.233. The number of nitrogens with one attached hydrogen (secondary N) is 1. The predicted molar refractivity (Wildman–Crippen MR) is 160 cm³/mol. The topological polar surface area (TPSA) is 105 Å². The highest BCUT2D eigenvalue weighted by Gasteiger charge is 2.34. The van der Waals surface area contributed by atoms with E-state index in [0.717, 1.165) is 27.4 Å². The van der Waals surface area contributed by atoms with Gasteiger partial charge in [-0.2, -0.15) is 0 Å². The summed E-state index contributed by atoms with van der Waals surface area (Å²) in [6, 6.07) is 17.9. The summed E-state index contributed by atoms with van der Waals surface area (Å²) in [4.78, 5) is 28.6. The van der Waals surface area contributed by atoms with Crippen molar-refractivity contribution in [2.75, 3.05) is 31.6 Å². The van der Waals surface area contributed by atoms with Gasteiger partial charge in [0.05, 0.1) is 24.8 Å². The Balaban J connectivity index is 2.12. The van der Waals surface area contributed by atoms with Crippen LogP contribution in [0.5, 0.6) is 11.5 Å². The highest BCUT2D eigenvalue weighted by atomic mass is 32.2. The molecule has 0 aromatic heterocycles. The van der Waals surface area contributed by atoms with E-state index in [1.54, 1.807) is 31.2 Å². The van der Waals surface area contributed by atoms with Crippen LogP contribution in [0.4, 0.5) is 5.69 Å². The molecule has 3 aromatic carbocycles. The van der Waals surface area contributed by atoms with Crippen LogP contribution in [0.15, 0.2) is 71.6 Å². The van der Waals surface area contributed by atoms with Crippen LogP contribution < -0.4 is 19.1 Å². The maximum absolute atomic E-state index is 14.1. The molecule has 2 amide bonds. The number of carbonyl (C=O) groups excluding carboxylic acids is 2. The van der Waals surface area contributed by atoms with Gasteiger partial charge in [0.15, 0.2) is 0 Å². The Hall–Kier alpha value is -4.05. The summed E-state index contributed by atoms with van der Waals surface area (Å²) < 4.78 is 40.1. The van der Waals surface area contributed by atoms with Gasteiger partial charge in [0.1, 0.15) is 24.1 Å². The van der Waals surface area contributed by atoms with Crippen LogP contribution in [0.2, 0.25) is 0 Å². The quantitative estimate of drug-likeness (QED) is 0.320. The van der Waals surface area contributed by atoms with Gasteiger partial charge in [0, 0.05) is 19.2 Å². The first kappa shape index (κ1) is 31.5. The number of nitrogens with zero attached hydrogens (tertiary/aromatic N) is 2. The minimum absolute atomic E-state index is 0.0139. The lowest BCUT2D eigenvalue weighted by Crippen LogP contribution is -2.51. The molecule has 0 bridgehead atoms. The molecule has 1 atom stereocenters. The van der Waals surface area contributed by atoms with Gasteiger partial charge in [0.25, 0.3) is 10.0 Å². The fourth-order valence-corrected chi connectivity index (χ4v) is 5.71. The van der Waals surface area contributed by atoms with Gasteiger partial charge in [-0.25, -0.2) is 8.42 Å². The molecule has 220 valence electrons. The first-order valence-corrected chi connectivity index (χ1v) is 14.9. The van der Waals surface area contributed by atoms with Crippen molar-refractivity contribution in [2.24, 2.45) is 0 Å². The summed E-state index contributed by atoms with van der Waals surface area (Å²) in [5, 5.41) is 2.85. The second-order valence-electron chi connectivity index (χ2n) is 9.78. The van der Waals surface area contributed by atoms with Crippen LogP contribution in [0.25, 0.3) is 0 Å². The van der Waals surface area contributed by atoms with E-state index in [1.165, 1.54) is 37.3 Å². The molecule has 3 rings (SSSR count). The molecule has 0 radical (unpaired) electrons. The Kier molecular flexibility index (Phi) is 10.8. The van der Waals surface area contributed by atoms with Crippen molar-refractivity contribution < 1.29 is 27.5 Å². The molecule has 0 aliphatic carbocycles. The molecule has 0 unspecified atom stereocenters. The van der Waals surface area contributed by atoms with E-state index in [2.05, 4.69) is 5.32 Å². The van der Waals surface area contributed by atoms with Crippen molar-refractivity contribution in [1.82, 2.24) is 10.2 Å². The van der Waals surface area contributed by atoms with Gasteiger partial charge in [-0.15, -0.1) is 0 Å². The summed E-state index contributed by atoms with van der Waals surface area (Å²) in [5.41, 5.74) is 2.83. The predicted octanol–water partition coefficient (Wildman–Crippen LogP) is 4.46. The van der Waals surface area contributed by atoms with Crippen LogP contribution in [0.1, 0.15) is 37.0 Å². The molecule has 0 aliphatic rings. The Bertz CT molecular complexity index is 1460. The molecule has 0 heterocycles. The van der Waals surface area contributed by atoms with E-state index in [9.17, 15) is 18.0 Å². The van der Waals surface area contributed by atoms with Crippen LogP contribution in [-0.2, 0) is 26.2 Å². The zero-order valence-electron chi connectivity index (χ0n) is 24.5. The van der Waals surface area contributed by atoms with E-state index in [4.69, 9.17) is 9.47 Å². The van der Waals surface area contributed by atoms with Crippen LogP contribution in [-0.4, -0.2) is 58.5 Å². The molecule has 41 heavy (non-hydrogen) atoms. The van der Waals surface area contributed by atoms with Crippen LogP contribution >= 0.6 is 0 Å². The van der Waals surface area contributed by atoms with E-state index < -0.39 is 28.5 Å². The zero-order chi connectivity index (χ0) is 30.2. The van der Waals surface area contributed by atoms with Crippen LogP contribution in [0, 0.1) is 13.8 Å². The standard InChI is InChI=1S/C31H39N3O6S/c1-7-18-32-31(36)24(4)33(20-25-11-9-8-10-23(25)3)30(35)21-34(28-19-26(39-5)14-17-29(28)40-6)41(37,38)27-15-12-22(2)13-16-27/h8-17,19,24H,7,18,20-21H2,1-6H3,(H,32,36)/t24-/m1/s1. The summed E-state index contributed by atoms with van der Waals surface area (Å²) in [6.45, 7) is 7.39. The highest BCUT2D eigenvalue weighted by Crippen LogP contribution is 2.36. The van der Waals surface area contributed by atoms with Crippen molar-refractivity contribution in [3.8, 4) is 11.5 Å². The number of rotatable bonds is 13. The number of benzene rings is 3. The third-order valence-electron chi connectivity index (χ3n) is 6.86. The average molecular weight is 582 g/mol. The number of sulfonamides is 1. The maximum Gasteiger partial charge on any atom is 0.264 e. The Morgan fingerprint density at radius 1 is 0.951 bits per heavy atom. The highest BCUT2D eigenvalue weighted by molar-refractivity contribution is 7.92. The molecule has 0 saturated heterocycles. The van der Waals surface area contributed by atoms with Crippen molar-refractivity contribution >= 4 is 27.5 Å². The second kappa shape index (κ2) is 14.0. The number of hydrogen-bond donors (Lipinski definition) is 1. The summed E-state index contributed by atoms with van der Waals surface area (Å²) in [7, 11) is -1.36. The normalized spacial score (nSPS) is 11.9. The van der Waals surface area contributed by atoms with E-state index in [1.807, 2.05) is 45.0 Å². The Labute approximate surface area is 243 Å². The smallest absolute Gasteiger partial charge is 0.264 e. The van der Waals surface area contributed by atoms with E-state index >= 15 is 0 Å². The Morgan fingerprint density at radius 2 is 1.63 bits per heavy atom. The fourth-order valence-electron chi connectivity index (χ4n) is 4.29. The largest absolute Gasteiger partial charge is 0.497 e. The first-order valence-electron chi connectivity index (χ1n) is 13.5. The lowest BCUT2D eigenvalue weighted by Gasteiger charge is -2.32. The number of ether oxygens (including phenoxy) is 2. The molecule has 10 heteroatoms. The molecule has 3 aromatic rings. The number of anilines is 1. The Morgan fingerprint density at radius 3 is 2.24 bits per heavy atom. The van der Waals surface area contributed by atoms with Crippen molar-refractivity contribution in [2.45, 2.75) is 51.6 Å². The molecule has 0 saturated carbocycles. The van der Waals surface area contributed by atoms with Gasteiger partial charge in [-0.3, -0.25) is 13.9 Å². The van der Waals surface area contributed by atoms with Gasteiger partial charge < -0.3 is 19.7 Å². The third-order valence-corrected chi connectivity index (χ3v) is 8.63. The SMILES string of the molecule is CCCNC(=O)[C@@H](C)N(Cc1ccccc1C)C(=O)CN(c1cc(OC)ccc1OC)S(=O)(=O)c1ccc(C)cc1. The van der Waals surface area contributed by atoms with Crippen molar-refractivity contribution in [3.05, 3.63) is 83.4 Å². The third kappa shape index (κ3) is 7.58. The van der Waals surface area contributed by atoms with Gasteiger partial charge in [0.2, 0.25) is 11.8 Å². The van der Waals surface area contributed by atoms with Gasteiger partial charge in [-0.1, -0.05) is 48.9 Å². The molecule has 0 spiro atoms. The maximum atomic E-state index is 14.1. The molecule has 9 nitrogen and oxygen atoms in total. The summed E-state index contributed by atoms with van der Waals surface area (Å²) >= 11 is 0. The minimum Gasteiger partial charge on any atom is -0.497 e. The lowest BCUT2D eigenvalue weighted by molar-refractivity contribution is -0.139. The molecular formula is C31H39N3O6S. The van der Waals surface area contributed by atoms with Gasteiger partial charge >= 0.3 is 0 Å². The fraction of sp³-hybridized carbons (Fsp3) is 0.355.